The second-order valence-electron chi connectivity index (χ2n) is 5.54. The minimum Gasteiger partial charge on any atom is -0.459 e. The molecule has 3 aromatic rings. The van der Waals surface area contributed by atoms with Gasteiger partial charge in [0.25, 0.3) is 5.91 Å². The number of pyridine rings is 1. The largest absolute Gasteiger partial charge is 0.459 e. The van der Waals surface area contributed by atoms with Gasteiger partial charge in [0.1, 0.15) is 0 Å². The smallest absolute Gasteiger partial charge is 0.289 e. The molecule has 0 aliphatic carbocycles. The Kier molecular flexibility index (Phi) is 3.42. The zero-order valence-electron chi connectivity index (χ0n) is 12.6. The molecule has 0 fully saturated rings. The molecule has 0 spiro atoms. The number of rotatable bonds is 2. The molecule has 3 aromatic heterocycles. The lowest BCUT2D eigenvalue weighted by Gasteiger charge is -2.18. The lowest BCUT2D eigenvalue weighted by atomic mass is 10.2. The zero-order valence-corrected chi connectivity index (χ0v) is 12.6. The zero-order chi connectivity index (χ0) is 15.6. The van der Waals surface area contributed by atoms with Crippen molar-refractivity contribution in [2.45, 2.75) is 19.5 Å². The Bertz CT molecular complexity index is 809. The highest BCUT2D eigenvalue weighted by Gasteiger charge is 2.23. The van der Waals surface area contributed by atoms with E-state index in [4.69, 9.17) is 4.42 Å². The van der Waals surface area contributed by atoms with E-state index in [0.717, 1.165) is 29.9 Å². The standard InChI is InChI=1S/C17H16N4O2/c22-17(16-3-1-10-23-16)20-8-2-9-21-14(12-20)11-15(19-21)13-4-6-18-7-5-13/h1,3-7,10-11H,2,8-9,12H2. The second-order valence-corrected chi connectivity index (χ2v) is 5.54. The van der Waals surface area contributed by atoms with Gasteiger partial charge in [-0.3, -0.25) is 14.5 Å². The summed E-state index contributed by atoms with van der Waals surface area (Å²) in [5.41, 5.74) is 2.98. The van der Waals surface area contributed by atoms with Gasteiger partial charge in [-0.25, -0.2) is 0 Å². The van der Waals surface area contributed by atoms with Gasteiger partial charge in [-0.15, -0.1) is 0 Å². The first-order chi connectivity index (χ1) is 11.3. The molecule has 0 bridgehead atoms. The molecular weight excluding hydrogens is 292 g/mol. The average Bonchev–Trinajstić information content (AvgIpc) is 3.21. The fourth-order valence-corrected chi connectivity index (χ4v) is 2.86. The molecule has 0 saturated carbocycles. The summed E-state index contributed by atoms with van der Waals surface area (Å²) in [4.78, 5) is 18.3. The number of hydrogen-bond donors (Lipinski definition) is 0. The maximum atomic E-state index is 12.5. The van der Waals surface area contributed by atoms with E-state index >= 15 is 0 Å². The Morgan fingerprint density at radius 2 is 2.04 bits per heavy atom. The number of carbonyl (C=O) groups is 1. The quantitative estimate of drug-likeness (QED) is 0.730. The summed E-state index contributed by atoms with van der Waals surface area (Å²) in [5, 5.41) is 4.67. The molecule has 1 amide bonds. The molecule has 0 atom stereocenters. The molecular formula is C17H16N4O2. The molecule has 116 valence electrons. The number of nitrogens with zero attached hydrogens (tertiary/aromatic N) is 4. The average molecular weight is 308 g/mol. The fourth-order valence-electron chi connectivity index (χ4n) is 2.86. The summed E-state index contributed by atoms with van der Waals surface area (Å²) in [7, 11) is 0. The number of carbonyl (C=O) groups excluding carboxylic acids is 1. The van der Waals surface area contributed by atoms with Gasteiger partial charge in [-0.05, 0) is 36.8 Å². The molecule has 0 radical (unpaired) electrons. The minimum absolute atomic E-state index is 0.0740. The number of amides is 1. The van der Waals surface area contributed by atoms with Crippen molar-refractivity contribution >= 4 is 5.91 Å². The summed E-state index contributed by atoms with van der Waals surface area (Å²) in [5.74, 6) is 0.308. The van der Waals surface area contributed by atoms with Crippen LogP contribution in [0.2, 0.25) is 0 Å². The normalized spacial score (nSPS) is 14.3. The molecule has 1 aliphatic heterocycles. The van der Waals surface area contributed by atoms with E-state index in [1.165, 1.54) is 6.26 Å². The number of fused-ring (bicyclic) bond motifs is 1. The first-order valence-corrected chi connectivity index (χ1v) is 7.61. The summed E-state index contributed by atoms with van der Waals surface area (Å²) in [6.45, 7) is 2.05. The molecule has 1 aliphatic rings. The topological polar surface area (TPSA) is 64.2 Å². The SMILES string of the molecule is O=C(c1ccco1)N1CCCn2nc(-c3ccncc3)cc2C1. The highest BCUT2D eigenvalue weighted by molar-refractivity contribution is 5.91. The van der Waals surface area contributed by atoms with Gasteiger partial charge in [-0.2, -0.15) is 5.10 Å². The van der Waals surface area contributed by atoms with Crippen LogP contribution in [0.4, 0.5) is 0 Å². The molecule has 4 heterocycles. The Hall–Kier alpha value is -2.89. The van der Waals surface area contributed by atoms with Crippen LogP contribution in [0.5, 0.6) is 0 Å². The van der Waals surface area contributed by atoms with Gasteiger partial charge in [0, 0.05) is 31.0 Å². The minimum atomic E-state index is -0.0740. The highest BCUT2D eigenvalue weighted by atomic mass is 16.3. The van der Waals surface area contributed by atoms with Gasteiger partial charge >= 0.3 is 0 Å². The van der Waals surface area contributed by atoms with Crippen molar-refractivity contribution in [2.24, 2.45) is 0 Å². The Balaban J connectivity index is 1.62. The Morgan fingerprint density at radius 1 is 1.17 bits per heavy atom. The third-order valence-electron chi connectivity index (χ3n) is 4.01. The van der Waals surface area contributed by atoms with Crippen LogP contribution in [0, 0.1) is 0 Å². The number of aromatic nitrogens is 3. The fraction of sp³-hybridized carbons (Fsp3) is 0.235. The van der Waals surface area contributed by atoms with Crippen LogP contribution in [0.25, 0.3) is 11.3 Å². The number of aryl methyl sites for hydroxylation is 1. The van der Waals surface area contributed by atoms with E-state index in [2.05, 4.69) is 10.1 Å². The number of furan rings is 1. The van der Waals surface area contributed by atoms with Crippen molar-refractivity contribution in [1.82, 2.24) is 19.7 Å². The maximum Gasteiger partial charge on any atom is 0.289 e. The van der Waals surface area contributed by atoms with Crippen LogP contribution < -0.4 is 0 Å². The summed E-state index contributed by atoms with van der Waals surface area (Å²) in [6, 6.07) is 9.36. The van der Waals surface area contributed by atoms with E-state index in [9.17, 15) is 4.79 Å². The van der Waals surface area contributed by atoms with Crippen LogP contribution >= 0.6 is 0 Å². The molecule has 6 nitrogen and oxygen atoms in total. The molecule has 6 heteroatoms. The van der Waals surface area contributed by atoms with E-state index in [-0.39, 0.29) is 5.91 Å². The first-order valence-electron chi connectivity index (χ1n) is 7.61. The predicted octanol–water partition coefficient (Wildman–Crippen LogP) is 2.58. The van der Waals surface area contributed by atoms with Crippen molar-refractivity contribution in [2.75, 3.05) is 6.54 Å². The van der Waals surface area contributed by atoms with E-state index in [1.54, 1.807) is 24.5 Å². The molecule has 0 saturated heterocycles. The molecule has 4 rings (SSSR count). The predicted molar refractivity (Wildman–Crippen MR) is 83.5 cm³/mol. The van der Waals surface area contributed by atoms with Gasteiger partial charge < -0.3 is 9.32 Å². The molecule has 0 aromatic carbocycles. The van der Waals surface area contributed by atoms with E-state index < -0.39 is 0 Å². The lowest BCUT2D eigenvalue weighted by molar-refractivity contribution is 0.0713. The van der Waals surface area contributed by atoms with E-state index in [0.29, 0.717) is 18.8 Å². The van der Waals surface area contributed by atoms with Gasteiger partial charge in [0.05, 0.1) is 24.2 Å². The Labute approximate surface area is 133 Å². The van der Waals surface area contributed by atoms with Crippen LogP contribution in [0.3, 0.4) is 0 Å². The molecule has 0 N–H and O–H groups in total. The highest BCUT2D eigenvalue weighted by Crippen LogP contribution is 2.22. The van der Waals surface area contributed by atoms with Crippen LogP contribution in [0.1, 0.15) is 22.7 Å². The van der Waals surface area contributed by atoms with Crippen molar-refractivity contribution in [1.29, 1.82) is 0 Å². The van der Waals surface area contributed by atoms with Gasteiger partial charge in [0.15, 0.2) is 5.76 Å². The van der Waals surface area contributed by atoms with E-state index in [1.807, 2.05) is 27.8 Å². The third-order valence-corrected chi connectivity index (χ3v) is 4.01. The summed E-state index contributed by atoms with van der Waals surface area (Å²) < 4.78 is 7.22. The van der Waals surface area contributed by atoms with Gasteiger partial charge in [-0.1, -0.05) is 0 Å². The van der Waals surface area contributed by atoms with Crippen LogP contribution in [0.15, 0.2) is 53.4 Å². The first kappa shape index (κ1) is 13.8. The van der Waals surface area contributed by atoms with Crippen molar-refractivity contribution in [3.63, 3.8) is 0 Å². The monoisotopic (exact) mass is 308 g/mol. The molecule has 0 unspecified atom stereocenters. The van der Waals surface area contributed by atoms with Crippen molar-refractivity contribution in [3.8, 4) is 11.3 Å². The Morgan fingerprint density at radius 3 is 2.83 bits per heavy atom. The van der Waals surface area contributed by atoms with Crippen molar-refractivity contribution in [3.05, 3.63) is 60.4 Å². The number of hydrogen-bond acceptors (Lipinski definition) is 4. The van der Waals surface area contributed by atoms with Crippen molar-refractivity contribution < 1.29 is 9.21 Å². The lowest BCUT2D eigenvalue weighted by Crippen LogP contribution is -2.30. The summed E-state index contributed by atoms with van der Waals surface area (Å²) in [6.07, 6.45) is 5.91. The maximum absolute atomic E-state index is 12.5. The molecule has 23 heavy (non-hydrogen) atoms. The van der Waals surface area contributed by atoms with Crippen LogP contribution in [-0.4, -0.2) is 32.1 Å². The summed E-state index contributed by atoms with van der Waals surface area (Å²) >= 11 is 0. The van der Waals surface area contributed by atoms with Crippen LogP contribution in [-0.2, 0) is 13.1 Å². The third kappa shape index (κ3) is 2.63. The van der Waals surface area contributed by atoms with Gasteiger partial charge in [0.2, 0.25) is 0 Å². The second kappa shape index (κ2) is 5.72.